The molecule has 5 rings (SSSR count). The fourth-order valence-electron chi connectivity index (χ4n) is 5.95. The molecule has 0 fully saturated rings. The Morgan fingerprint density at radius 3 is 1.38 bits per heavy atom. The first-order valence-corrected chi connectivity index (χ1v) is 21.8. The topological polar surface area (TPSA) is 218 Å². The van der Waals surface area contributed by atoms with Crippen LogP contribution in [0.1, 0.15) is 51.3 Å². The van der Waals surface area contributed by atoms with E-state index in [0.717, 1.165) is 13.8 Å². The van der Waals surface area contributed by atoms with Crippen molar-refractivity contribution in [3.05, 3.63) is 129 Å². The van der Waals surface area contributed by atoms with Gasteiger partial charge < -0.3 is 30.7 Å². The Hall–Kier alpha value is -6.43. The van der Waals surface area contributed by atoms with E-state index >= 15 is 0 Å². The van der Waals surface area contributed by atoms with Gasteiger partial charge in [0.25, 0.3) is 23.6 Å². The lowest BCUT2D eigenvalue weighted by Crippen LogP contribution is -2.32. The Balaban J connectivity index is 1.27. The first-order valence-electron chi connectivity index (χ1n) is 19.4. The normalized spacial score (nSPS) is 12.0. The van der Waals surface area contributed by atoms with Crippen LogP contribution >= 0.6 is 58.0 Å². The van der Waals surface area contributed by atoms with E-state index in [1.54, 1.807) is 36.4 Å². The summed E-state index contributed by atoms with van der Waals surface area (Å²) in [7, 11) is 2.96. The highest BCUT2D eigenvalue weighted by Crippen LogP contribution is 2.33. The molecule has 2 unspecified atom stereocenters. The Kier molecular flexibility index (Phi) is 18.1. The van der Waals surface area contributed by atoms with Crippen LogP contribution in [-0.4, -0.2) is 61.5 Å². The SMILES string of the molecule is COc1ccc(CCl)c(NC(=O)c2cccc(N=NC(C(C)=O)C(=O)Nc3ccc(NC(=O)C(N=Nc4cccc(C(=O)Nc5cc(OC)ccc5CCl)c4Cl)C(C)=O)c(CCl)c3)c2Cl)c1. The summed E-state index contributed by atoms with van der Waals surface area (Å²) in [5.41, 5.74) is 2.80. The van der Waals surface area contributed by atoms with Gasteiger partial charge in [-0.15, -0.1) is 34.8 Å². The summed E-state index contributed by atoms with van der Waals surface area (Å²) < 4.78 is 10.5. The average Bonchev–Trinajstić information content (AvgIpc) is 3.30. The molecule has 16 nitrogen and oxygen atoms in total. The summed E-state index contributed by atoms with van der Waals surface area (Å²) in [6.45, 7) is 2.29. The third kappa shape index (κ3) is 12.7. The lowest BCUT2D eigenvalue weighted by Gasteiger charge is -2.15. The standard InChI is InChI=1S/C45H39Cl5N8O8/c1-23(59)40(57-55-34-9-5-7-31(38(34)49)42(61)53-36-18-29(65-3)14-11-25(36)20-46)44(63)51-28-13-16-33(27(17-28)22-48)52-45(64)41(24(2)60)58-56-35-10-6-8-32(39(35)50)43(62)54-37-19-30(66-4)15-12-26(37)21-47/h5-19,40-41H,20-22H2,1-4H3,(H,51,63)(H,52,64)(H,53,61)(H,54,62). The number of hydrogen-bond acceptors (Lipinski definition) is 12. The van der Waals surface area contributed by atoms with Crippen LogP contribution in [-0.2, 0) is 36.8 Å². The number of nitrogens with one attached hydrogen (secondary N) is 4. The molecule has 0 bridgehead atoms. The van der Waals surface area contributed by atoms with E-state index in [4.69, 9.17) is 67.5 Å². The van der Waals surface area contributed by atoms with E-state index in [9.17, 15) is 28.8 Å². The zero-order valence-corrected chi connectivity index (χ0v) is 39.2. The minimum Gasteiger partial charge on any atom is -0.497 e. The lowest BCUT2D eigenvalue weighted by molar-refractivity contribution is -0.127. The minimum atomic E-state index is -1.65. The van der Waals surface area contributed by atoms with Crippen LogP contribution in [0, 0.1) is 0 Å². The molecule has 0 saturated heterocycles. The molecule has 0 aliphatic heterocycles. The first-order chi connectivity index (χ1) is 31.6. The number of methoxy groups -OCH3 is 2. The summed E-state index contributed by atoms with van der Waals surface area (Å²) >= 11 is 31.4. The van der Waals surface area contributed by atoms with Crippen LogP contribution in [0.3, 0.4) is 0 Å². The Bertz CT molecular complexity index is 2750. The lowest BCUT2D eigenvalue weighted by atomic mass is 10.1. The summed E-state index contributed by atoms with van der Waals surface area (Å²) in [4.78, 5) is 78.6. The van der Waals surface area contributed by atoms with Crippen LogP contribution in [0.25, 0.3) is 0 Å². The Morgan fingerprint density at radius 2 is 0.970 bits per heavy atom. The van der Waals surface area contributed by atoms with Gasteiger partial charge in [0.2, 0.25) is 12.1 Å². The van der Waals surface area contributed by atoms with Crippen molar-refractivity contribution in [2.24, 2.45) is 20.5 Å². The highest BCUT2D eigenvalue weighted by Gasteiger charge is 2.27. The smallest absolute Gasteiger partial charge is 0.258 e. The number of ketones is 2. The average molecular weight is 997 g/mol. The monoisotopic (exact) mass is 994 g/mol. The number of alkyl halides is 3. The van der Waals surface area contributed by atoms with E-state index in [1.165, 1.54) is 68.8 Å². The zero-order valence-electron chi connectivity index (χ0n) is 35.4. The quantitative estimate of drug-likeness (QED) is 0.0353. The fourth-order valence-corrected chi connectivity index (χ4v) is 7.13. The number of ether oxygens (including phenoxy) is 2. The van der Waals surface area contributed by atoms with E-state index in [0.29, 0.717) is 39.6 Å². The molecule has 5 aromatic carbocycles. The van der Waals surface area contributed by atoms with Crippen LogP contribution in [0.2, 0.25) is 10.0 Å². The van der Waals surface area contributed by atoms with E-state index in [-0.39, 0.29) is 61.6 Å². The van der Waals surface area contributed by atoms with Gasteiger partial charge in [-0.05, 0) is 85.1 Å². The second-order valence-electron chi connectivity index (χ2n) is 13.9. The van der Waals surface area contributed by atoms with Crippen molar-refractivity contribution < 1.29 is 38.2 Å². The summed E-state index contributed by atoms with van der Waals surface area (Å²) in [5.74, 6) is -3.20. The highest BCUT2D eigenvalue weighted by molar-refractivity contribution is 6.37. The molecule has 0 saturated carbocycles. The molecule has 0 radical (unpaired) electrons. The van der Waals surface area contributed by atoms with Gasteiger partial charge in [0, 0.05) is 52.5 Å². The van der Waals surface area contributed by atoms with Gasteiger partial charge in [-0.3, -0.25) is 28.8 Å². The number of carbonyl (C=O) groups excluding carboxylic acids is 6. The van der Waals surface area contributed by atoms with Gasteiger partial charge in [-0.1, -0.05) is 47.5 Å². The molecule has 0 aromatic heterocycles. The van der Waals surface area contributed by atoms with Crippen molar-refractivity contribution in [3.8, 4) is 11.5 Å². The number of hydrogen-bond donors (Lipinski definition) is 4. The van der Waals surface area contributed by atoms with Crippen molar-refractivity contribution in [1.29, 1.82) is 0 Å². The fraction of sp³-hybridized carbons (Fsp3) is 0.200. The molecule has 342 valence electrons. The van der Waals surface area contributed by atoms with Crippen molar-refractivity contribution in [2.45, 2.75) is 43.6 Å². The number of halogens is 5. The summed E-state index contributed by atoms with van der Waals surface area (Å²) in [6, 6.07) is 19.8. The molecule has 66 heavy (non-hydrogen) atoms. The van der Waals surface area contributed by atoms with Gasteiger partial charge in [-0.25, -0.2) is 0 Å². The number of benzene rings is 5. The molecule has 0 aliphatic carbocycles. The van der Waals surface area contributed by atoms with Gasteiger partial charge >= 0.3 is 0 Å². The van der Waals surface area contributed by atoms with E-state index in [2.05, 4.69) is 41.7 Å². The largest absolute Gasteiger partial charge is 0.497 e. The molecule has 0 heterocycles. The summed E-state index contributed by atoms with van der Waals surface area (Å²) in [6.07, 6.45) is 0. The summed E-state index contributed by atoms with van der Waals surface area (Å²) in [5, 5.41) is 26.5. The van der Waals surface area contributed by atoms with E-state index < -0.39 is 47.3 Å². The Labute approximate surface area is 403 Å². The number of amides is 4. The maximum absolute atomic E-state index is 13.4. The highest BCUT2D eigenvalue weighted by atomic mass is 35.5. The number of azo groups is 2. The maximum Gasteiger partial charge on any atom is 0.258 e. The number of Topliss-reactive ketones (excluding diaryl/α,β-unsaturated/α-hetero) is 2. The second kappa shape index (κ2) is 23.7. The molecule has 0 spiro atoms. The maximum atomic E-state index is 13.4. The number of carbonyl (C=O) groups is 6. The van der Waals surface area contributed by atoms with Crippen LogP contribution in [0.5, 0.6) is 11.5 Å². The molecule has 4 N–H and O–H groups in total. The second-order valence-corrected chi connectivity index (χ2v) is 15.5. The zero-order chi connectivity index (χ0) is 48.1. The first kappa shape index (κ1) is 50.6. The third-order valence-corrected chi connectivity index (χ3v) is 11.1. The molecule has 4 amide bonds. The third-order valence-electron chi connectivity index (χ3n) is 9.47. The van der Waals surface area contributed by atoms with Gasteiger partial charge in [0.1, 0.15) is 22.9 Å². The molecule has 21 heteroatoms. The molecular weight excluding hydrogens is 958 g/mol. The predicted octanol–water partition coefficient (Wildman–Crippen LogP) is 11.1. The van der Waals surface area contributed by atoms with Crippen LogP contribution in [0.4, 0.5) is 34.1 Å². The van der Waals surface area contributed by atoms with Crippen LogP contribution < -0.4 is 30.7 Å². The molecular formula is C45H39Cl5N8O8. The van der Waals surface area contributed by atoms with Crippen molar-refractivity contribution >= 4 is 127 Å². The van der Waals surface area contributed by atoms with E-state index in [1.807, 2.05) is 0 Å². The van der Waals surface area contributed by atoms with Crippen LogP contribution in [0.15, 0.2) is 111 Å². The number of nitrogens with zero attached hydrogens (tertiary/aromatic N) is 4. The molecule has 5 aromatic rings. The molecule has 2 atom stereocenters. The predicted molar refractivity (Wildman–Crippen MR) is 255 cm³/mol. The van der Waals surface area contributed by atoms with Crippen molar-refractivity contribution in [2.75, 3.05) is 35.5 Å². The van der Waals surface area contributed by atoms with Crippen molar-refractivity contribution in [3.63, 3.8) is 0 Å². The van der Waals surface area contributed by atoms with Gasteiger partial charge in [0.05, 0.1) is 35.4 Å². The van der Waals surface area contributed by atoms with Gasteiger partial charge in [0.15, 0.2) is 11.6 Å². The molecule has 0 aliphatic rings. The number of rotatable bonds is 19. The van der Waals surface area contributed by atoms with Crippen molar-refractivity contribution in [1.82, 2.24) is 0 Å². The van der Waals surface area contributed by atoms with Gasteiger partial charge in [-0.2, -0.15) is 20.5 Å². The number of anilines is 4. The Morgan fingerprint density at radius 1 is 0.530 bits per heavy atom. The minimum absolute atomic E-state index is 0.00235.